The van der Waals surface area contributed by atoms with E-state index in [0.717, 1.165) is 25.7 Å². The van der Waals surface area contributed by atoms with Gasteiger partial charge in [-0.15, -0.1) is 0 Å². The summed E-state index contributed by atoms with van der Waals surface area (Å²) in [5, 5.41) is 0. The highest BCUT2D eigenvalue weighted by Gasteiger charge is 2.69. The Hall–Kier alpha value is 0.0700. The highest BCUT2D eigenvalue weighted by molar-refractivity contribution is 7.80. The standard InChI is InChI=1S/C11H20O3S/c1-4-11(15(12)13)6-5-9(14-3)8-7-10(8,11)2/h8-9H,4-7H2,1-3H3,(H,12,13). The summed E-state index contributed by atoms with van der Waals surface area (Å²) in [6, 6.07) is 0. The van der Waals surface area contributed by atoms with Crippen LogP contribution in [0, 0.1) is 11.3 Å². The smallest absolute Gasteiger partial charge is 0.159 e. The fraction of sp³-hybridized carbons (Fsp3) is 1.00. The number of ether oxygens (including phenoxy) is 1. The molecule has 0 saturated heterocycles. The van der Waals surface area contributed by atoms with Gasteiger partial charge in [0, 0.05) is 7.11 Å². The quantitative estimate of drug-likeness (QED) is 0.759. The predicted octanol–water partition coefficient (Wildman–Crippen LogP) is 2.19. The van der Waals surface area contributed by atoms with Crippen LogP contribution in [0.5, 0.6) is 0 Å². The number of rotatable bonds is 3. The average molecular weight is 232 g/mol. The Balaban J connectivity index is 2.27. The Morgan fingerprint density at radius 3 is 2.73 bits per heavy atom. The van der Waals surface area contributed by atoms with Crippen molar-refractivity contribution in [1.82, 2.24) is 0 Å². The molecule has 0 aromatic carbocycles. The molecular weight excluding hydrogens is 212 g/mol. The van der Waals surface area contributed by atoms with E-state index in [4.69, 9.17) is 4.74 Å². The van der Waals surface area contributed by atoms with Crippen molar-refractivity contribution in [3.05, 3.63) is 0 Å². The van der Waals surface area contributed by atoms with Gasteiger partial charge in [0.05, 0.1) is 10.9 Å². The van der Waals surface area contributed by atoms with E-state index < -0.39 is 11.1 Å². The Kier molecular flexibility index (Phi) is 2.72. The molecule has 2 aliphatic rings. The first-order chi connectivity index (χ1) is 7.02. The number of methoxy groups -OCH3 is 1. The summed E-state index contributed by atoms with van der Waals surface area (Å²) in [6.07, 6.45) is 3.89. The van der Waals surface area contributed by atoms with Crippen LogP contribution < -0.4 is 0 Å². The highest BCUT2D eigenvalue weighted by Crippen LogP contribution is 2.68. The van der Waals surface area contributed by atoms with E-state index in [1.165, 1.54) is 0 Å². The molecule has 0 aromatic heterocycles. The van der Waals surface area contributed by atoms with Crippen LogP contribution in [-0.2, 0) is 15.8 Å². The summed E-state index contributed by atoms with van der Waals surface area (Å²) < 4.78 is 26.3. The third kappa shape index (κ3) is 1.34. The van der Waals surface area contributed by atoms with Gasteiger partial charge >= 0.3 is 0 Å². The minimum atomic E-state index is -1.71. The lowest BCUT2D eigenvalue weighted by molar-refractivity contribution is 0.0321. The molecule has 88 valence electrons. The molecule has 2 fully saturated rings. The number of hydrogen-bond acceptors (Lipinski definition) is 2. The molecular formula is C11H20O3S. The van der Waals surface area contributed by atoms with Crippen LogP contribution in [0.4, 0.5) is 0 Å². The average Bonchev–Trinajstić information content (AvgIpc) is 2.88. The van der Waals surface area contributed by atoms with Crippen molar-refractivity contribution in [2.75, 3.05) is 7.11 Å². The van der Waals surface area contributed by atoms with Gasteiger partial charge in [-0.3, -0.25) is 0 Å². The van der Waals surface area contributed by atoms with E-state index in [2.05, 4.69) is 6.92 Å². The minimum Gasteiger partial charge on any atom is -0.381 e. The molecule has 5 atom stereocenters. The maximum atomic E-state index is 11.6. The van der Waals surface area contributed by atoms with Crippen molar-refractivity contribution < 1.29 is 13.5 Å². The van der Waals surface area contributed by atoms with Crippen molar-refractivity contribution >= 4 is 11.1 Å². The van der Waals surface area contributed by atoms with Crippen LogP contribution in [0.2, 0.25) is 0 Å². The third-order valence-corrected chi connectivity index (χ3v) is 6.46. The summed E-state index contributed by atoms with van der Waals surface area (Å²) >= 11 is -1.71. The molecule has 2 rings (SSSR count). The highest BCUT2D eigenvalue weighted by atomic mass is 32.2. The first kappa shape index (κ1) is 11.6. The van der Waals surface area contributed by atoms with Crippen molar-refractivity contribution in [2.24, 2.45) is 11.3 Å². The first-order valence-electron chi connectivity index (χ1n) is 5.65. The van der Waals surface area contributed by atoms with Crippen LogP contribution in [0.25, 0.3) is 0 Å². The molecule has 2 aliphatic carbocycles. The fourth-order valence-electron chi connectivity index (χ4n) is 3.60. The van der Waals surface area contributed by atoms with Crippen LogP contribution in [0.1, 0.15) is 39.5 Å². The predicted molar refractivity (Wildman–Crippen MR) is 60.0 cm³/mol. The van der Waals surface area contributed by atoms with Crippen molar-refractivity contribution in [3.8, 4) is 0 Å². The molecule has 0 aromatic rings. The molecule has 0 bridgehead atoms. The van der Waals surface area contributed by atoms with E-state index in [9.17, 15) is 8.76 Å². The SMILES string of the molecule is CCC1(S(=O)O)CCC(OC)C2CC21C. The van der Waals surface area contributed by atoms with E-state index in [1.807, 2.05) is 6.92 Å². The molecule has 2 saturated carbocycles. The van der Waals surface area contributed by atoms with E-state index >= 15 is 0 Å². The second-order valence-corrected chi connectivity index (χ2v) is 6.42. The maximum absolute atomic E-state index is 11.6. The fourth-order valence-corrected chi connectivity index (χ4v) is 4.77. The van der Waals surface area contributed by atoms with Gasteiger partial charge in [-0.2, -0.15) is 0 Å². The van der Waals surface area contributed by atoms with Gasteiger partial charge < -0.3 is 9.29 Å². The molecule has 0 spiro atoms. The zero-order chi connectivity index (χ0) is 11.3. The molecule has 0 amide bonds. The summed E-state index contributed by atoms with van der Waals surface area (Å²) in [5.74, 6) is 0.493. The van der Waals surface area contributed by atoms with E-state index in [-0.39, 0.29) is 10.2 Å². The van der Waals surface area contributed by atoms with Gasteiger partial charge in [-0.05, 0) is 37.0 Å². The molecule has 4 heteroatoms. The molecule has 5 unspecified atom stereocenters. The largest absolute Gasteiger partial charge is 0.381 e. The minimum absolute atomic E-state index is 0.0281. The molecule has 3 nitrogen and oxygen atoms in total. The van der Waals surface area contributed by atoms with Crippen LogP contribution >= 0.6 is 0 Å². The Morgan fingerprint density at radius 1 is 1.60 bits per heavy atom. The normalized spacial score (nSPS) is 50.9. The van der Waals surface area contributed by atoms with E-state index in [1.54, 1.807) is 7.11 Å². The molecule has 0 aliphatic heterocycles. The van der Waals surface area contributed by atoms with Crippen LogP contribution in [0.15, 0.2) is 0 Å². The lowest BCUT2D eigenvalue weighted by atomic mass is 9.76. The van der Waals surface area contributed by atoms with Gasteiger partial charge in [0.25, 0.3) is 0 Å². The topological polar surface area (TPSA) is 46.5 Å². The van der Waals surface area contributed by atoms with Crippen LogP contribution in [0.3, 0.4) is 0 Å². The zero-order valence-electron chi connectivity index (χ0n) is 9.66. The number of fused-ring (bicyclic) bond motifs is 1. The monoisotopic (exact) mass is 232 g/mol. The van der Waals surface area contributed by atoms with Gasteiger partial charge in [-0.1, -0.05) is 13.8 Å². The van der Waals surface area contributed by atoms with Gasteiger partial charge in [-0.25, -0.2) is 4.21 Å². The Bertz CT molecular complexity index is 294. The summed E-state index contributed by atoms with van der Waals surface area (Å²) in [4.78, 5) is 0. The summed E-state index contributed by atoms with van der Waals surface area (Å²) in [7, 11) is 1.75. The molecule has 0 heterocycles. The summed E-state index contributed by atoms with van der Waals surface area (Å²) in [5.41, 5.74) is 0.0281. The van der Waals surface area contributed by atoms with Gasteiger partial charge in [0.15, 0.2) is 11.1 Å². The van der Waals surface area contributed by atoms with Crippen LogP contribution in [-0.4, -0.2) is 26.7 Å². The summed E-state index contributed by atoms with van der Waals surface area (Å²) in [6.45, 7) is 4.18. The molecule has 1 N–H and O–H groups in total. The van der Waals surface area contributed by atoms with Crippen molar-refractivity contribution in [1.29, 1.82) is 0 Å². The third-order valence-electron chi connectivity index (χ3n) is 4.83. The maximum Gasteiger partial charge on any atom is 0.159 e. The molecule has 0 radical (unpaired) electrons. The lowest BCUT2D eigenvalue weighted by Crippen LogP contribution is -2.48. The molecule has 15 heavy (non-hydrogen) atoms. The Labute approximate surface area is 93.9 Å². The second kappa shape index (κ2) is 3.54. The first-order valence-corrected chi connectivity index (χ1v) is 6.76. The second-order valence-electron chi connectivity index (χ2n) is 5.14. The van der Waals surface area contributed by atoms with Gasteiger partial charge in [0.1, 0.15) is 0 Å². The zero-order valence-corrected chi connectivity index (χ0v) is 10.5. The van der Waals surface area contributed by atoms with Crippen molar-refractivity contribution in [3.63, 3.8) is 0 Å². The lowest BCUT2D eigenvalue weighted by Gasteiger charge is -2.42. The van der Waals surface area contributed by atoms with Crippen molar-refractivity contribution in [2.45, 2.75) is 50.4 Å². The number of hydrogen-bond donors (Lipinski definition) is 1. The Morgan fingerprint density at radius 2 is 2.27 bits per heavy atom. The van der Waals surface area contributed by atoms with E-state index in [0.29, 0.717) is 12.0 Å². The van der Waals surface area contributed by atoms with Gasteiger partial charge in [0.2, 0.25) is 0 Å².